The van der Waals surface area contributed by atoms with Crippen molar-refractivity contribution in [1.82, 2.24) is 0 Å². The number of nitrogens with zero attached hydrogens (tertiary/aromatic N) is 2. The van der Waals surface area contributed by atoms with Crippen LogP contribution in [0.2, 0.25) is 0 Å². The van der Waals surface area contributed by atoms with Crippen molar-refractivity contribution < 1.29 is 8.78 Å². The second-order valence-electron chi connectivity index (χ2n) is 4.51. The van der Waals surface area contributed by atoms with Gasteiger partial charge in [0.25, 0.3) is 0 Å². The standard InChI is InChI=1S/C15H9F2N3/c16-11-3-4-14(10(5-11)7-18)20-8-9-1-2-12(17)6-13(9)15(20)19/h1-6,19H,8H2. The van der Waals surface area contributed by atoms with E-state index >= 15 is 0 Å². The van der Waals surface area contributed by atoms with Crippen LogP contribution in [0.25, 0.3) is 0 Å². The van der Waals surface area contributed by atoms with Gasteiger partial charge in [0.15, 0.2) is 0 Å². The third-order valence-corrected chi connectivity index (χ3v) is 3.30. The Balaban J connectivity index is 2.07. The molecule has 98 valence electrons. The third kappa shape index (κ3) is 1.82. The van der Waals surface area contributed by atoms with Crippen molar-refractivity contribution in [3.8, 4) is 6.07 Å². The zero-order valence-corrected chi connectivity index (χ0v) is 10.3. The van der Waals surface area contributed by atoms with E-state index in [9.17, 15) is 8.78 Å². The number of amidine groups is 1. The van der Waals surface area contributed by atoms with Gasteiger partial charge in [-0.25, -0.2) is 8.78 Å². The molecular weight excluding hydrogens is 260 g/mol. The fraction of sp³-hybridized carbons (Fsp3) is 0.0667. The Morgan fingerprint density at radius 1 is 1.10 bits per heavy atom. The average molecular weight is 269 g/mol. The largest absolute Gasteiger partial charge is 0.321 e. The molecule has 1 aliphatic rings. The van der Waals surface area contributed by atoms with E-state index in [0.29, 0.717) is 17.8 Å². The number of fused-ring (bicyclic) bond motifs is 1. The molecule has 1 heterocycles. The molecule has 2 aromatic rings. The molecule has 0 saturated heterocycles. The smallest absolute Gasteiger partial charge is 0.133 e. The maximum atomic E-state index is 13.2. The summed E-state index contributed by atoms with van der Waals surface area (Å²) in [7, 11) is 0. The molecule has 0 aromatic heterocycles. The van der Waals surface area contributed by atoms with Crippen LogP contribution in [0.4, 0.5) is 14.5 Å². The molecule has 0 fully saturated rings. The summed E-state index contributed by atoms with van der Waals surface area (Å²) in [6, 6.07) is 10.0. The highest BCUT2D eigenvalue weighted by Gasteiger charge is 2.27. The first-order valence-electron chi connectivity index (χ1n) is 5.94. The molecule has 0 amide bonds. The van der Waals surface area contributed by atoms with Crippen molar-refractivity contribution in [3.63, 3.8) is 0 Å². The fourth-order valence-corrected chi connectivity index (χ4v) is 2.34. The summed E-state index contributed by atoms with van der Waals surface area (Å²) in [5.74, 6) is -0.794. The molecule has 0 radical (unpaired) electrons. The molecule has 0 bridgehead atoms. The topological polar surface area (TPSA) is 50.9 Å². The first kappa shape index (κ1) is 12.3. The lowest BCUT2D eigenvalue weighted by Crippen LogP contribution is -2.24. The molecule has 0 spiro atoms. The lowest BCUT2D eigenvalue weighted by molar-refractivity contribution is 0.626. The Bertz CT molecular complexity index is 762. The van der Waals surface area contributed by atoms with Crippen LogP contribution in [0.1, 0.15) is 16.7 Å². The highest BCUT2D eigenvalue weighted by molar-refractivity contribution is 6.12. The third-order valence-electron chi connectivity index (χ3n) is 3.30. The van der Waals surface area contributed by atoms with Gasteiger partial charge in [-0.15, -0.1) is 0 Å². The van der Waals surface area contributed by atoms with Gasteiger partial charge in [-0.2, -0.15) is 5.26 Å². The van der Waals surface area contributed by atoms with E-state index < -0.39 is 11.6 Å². The van der Waals surface area contributed by atoms with E-state index in [2.05, 4.69) is 0 Å². The van der Waals surface area contributed by atoms with Gasteiger partial charge in [-0.3, -0.25) is 5.41 Å². The Kier molecular flexibility index (Phi) is 2.72. The number of nitriles is 1. The fourth-order valence-electron chi connectivity index (χ4n) is 2.34. The van der Waals surface area contributed by atoms with Gasteiger partial charge in [0.1, 0.15) is 23.5 Å². The summed E-state index contributed by atoms with van der Waals surface area (Å²) < 4.78 is 26.4. The van der Waals surface area contributed by atoms with Gasteiger partial charge in [0, 0.05) is 5.56 Å². The van der Waals surface area contributed by atoms with Crippen LogP contribution >= 0.6 is 0 Å². The molecule has 1 N–H and O–H groups in total. The van der Waals surface area contributed by atoms with Gasteiger partial charge in [-0.1, -0.05) is 6.07 Å². The van der Waals surface area contributed by atoms with Crippen LogP contribution < -0.4 is 4.90 Å². The predicted molar refractivity (Wildman–Crippen MR) is 70.5 cm³/mol. The maximum Gasteiger partial charge on any atom is 0.133 e. The highest BCUT2D eigenvalue weighted by Crippen LogP contribution is 2.31. The first-order chi connectivity index (χ1) is 9.60. The van der Waals surface area contributed by atoms with E-state index in [1.165, 1.54) is 24.3 Å². The molecule has 0 saturated carbocycles. The minimum Gasteiger partial charge on any atom is -0.321 e. The molecule has 20 heavy (non-hydrogen) atoms. The minimum atomic E-state index is -0.500. The van der Waals surface area contributed by atoms with E-state index in [1.807, 2.05) is 6.07 Å². The van der Waals surface area contributed by atoms with Crippen molar-refractivity contribution in [1.29, 1.82) is 10.7 Å². The number of rotatable bonds is 1. The van der Waals surface area contributed by atoms with Gasteiger partial charge in [0.2, 0.25) is 0 Å². The number of nitrogens with one attached hydrogen (secondary N) is 1. The molecule has 0 aliphatic carbocycles. The Morgan fingerprint density at radius 2 is 1.80 bits per heavy atom. The second kappa shape index (κ2) is 4.42. The zero-order valence-electron chi connectivity index (χ0n) is 10.3. The summed E-state index contributed by atoms with van der Waals surface area (Å²) in [5.41, 5.74) is 1.92. The Morgan fingerprint density at radius 3 is 2.55 bits per heavy atom. The SMILES string of the molecule is N#Cc1cc(F)ccc1N1Cc2ccc(F)cc2C1=N. The molecule has 0 unspecified atom stereocenters. The Labute approximate surface area is 114 Å². The van der Waals surface area contributed by atoms with Crippen molar-refractivity contribution in [2.45, 2.75) is 6.54 Å². The maximum absolute atomic E-state index is 13.2. The van der Waals surface area contributed by atoms with Crippen molar-refractivity contribution in [2.75, 3.05) is 4.90 Å². The van der Waals surface area contributed by atoms with Gasteiger partial charge in [0.05, 0.1) is 17.8 Å². The lowest BCUT2D eigenvalue weighted by atomic mass is 10.1. The van der Waals surface area contributed by atoms with Crippen molar-refractivity contribution in [3.05, 3.63) is 64.7 Å². The van der Waals surface area contributed by atoms with Gasteiger partial charge in [-0.05, 0) is 35.9 Å². The van der Waals surface area contributed by atoms with Gasteiger partial charge >= 0.3 is 0 Å². The van der Waals surface area contributed by atoms with Crippen LogP contribution in [-0.2, 0) is 6.54 Å². The summed E-state index contributed by atoms with van der Waals surface area (Å²) in [6.07, 6.45) is 0. The van der Waals surface area contributed by atoms with E-state index in [1.54, 1.807) is 11.0 Å². The number of hydrogen-bond donors (Lipinski definition) is 1. The van der Waals surface area contributed by atoms with Crippen molar-refractivity contribution >= 4 is 11.5 Å². The summed E-state index contributed by atoms with van der Waals surface area (Å²) in [4.78, 5) is 1.57. The molecule has 3 nitrogen and oxygen atoms in total. The number of anilines is 1. The number of halogens is 2. The van der Waals surface area contributed by atoms with Crippen LogP contribution in [0, 0.1) is 28.4 Å². The monoisotopic (exact) mass is 269 g/mol. The molecule has 0 atom stereocenters. The molecule has 3 rings (SSSR count). The summed E-state index contributed by atoms with van der Waals surface area (Å²) in [6.45, 7) is 0.370. The average Bonchev–Trinajstić information content (AvgIpc) is 2.76. The zero-order chi connectivity index (χ0) is 14.3. The predicted octanol–water partition coefficient (Wildman–Crippen LogP) is 3.18. The summed E-state index contributed by atoms with van der Waals surface area (Å²) in [5, 5.41) is 17.2. The molecule has 1 aliphatic heterocycles. The minimum absolute atomic E-state index is 0.114. The number of benzene rings is 2. The van der Waals surface area contributed by atoms with Crippen LogP contribution in [-0.4, -0.2) is 5.84 Å². The molecule has 2 aromatic carbocycles. The molecular formula is C15H9F2N3. The Hall–Kier alpha value is -2.74. The summed E-state index contributed by atoms with van der Waals surface area (Å²) >= 11 is 0. The van der Waals surface area contributed by atoms with Crippen LogP contribution in [0.3, 0.4) is 0 Å². The molecule has 5 heteroatoms. The normalized spacial score (nSPS) is 13.2. The quantitative estimate of drug-likeness (QED) is 0.864. The van der Waals surface area contributed by atoms with Gasteiger partial charge < -0.3 is 4.90 Å². The van der Waals surface area contributed by atoms with Crippen LogP contribution in [0.15, 0.2) is 36.4 Å². The highest BCUT2D eigenvalue weighted by atomic mass is 19.1. The van der Waals surface area contributed by atoms with E-state index in [4.69, 9.17) is 10.7 Å². The number of hydrogen-bond acceptors (Lipinski definition) is 2. The lowest BCUT2D eigenvalue weighted by Gasteiger charge is -2.19. The first-order valence-corrected chi connectivity index (χ1v) is 5.94. The van der Waals surface area contributed by atoms with Crippen molar-refractivity contribution in [2.24, 2.45) is 0 Å². The van der Waals surface area contributed by atoms with E-state index in [0.717, 1.165) is 11.6 Å². The second-order valence-corrected chi connectivity index (χ2v) is 4.51. The van der Waals surface area contributed by atoms with E-state index in [-0.39, 0.29) is 11.4 Å². The van der Waals surface area contributed by atoms with Crippen LogP contribution in [0.5, 0.6) is 0 Å².